The van der Waals surface area contributed by atoms with Gasteiger partial charge in [-0.1, -0.05) is 34.1 Å². The van der Waals surface area contributed by atoms with Crippen molar-refractivity contribution in [2.24, 2.45) is 5.73 Å². The van der Waals surface area contributed by atoms with Gasteiger partial charge in [-0.15, -0.1) is 0 Å². The number of nitrogens with one attached hydrogen (secondary N) is 1. The van der Waals surface area contributed by atoms with Gasteiger partial charge in [0.1, 0.15) is 0 Å². The highest BCUT2D eigenvalue weighted by Crippen LogP contribution is 2.22. The molecule has 0 saturated carbocycles. The molecule has 1 aromatic carbocycles. The second-order valence-corrected chi connectivity index (χ2v) is 5.03. The SMILES string of the molecule is NC(CN1CCNCC1)c1ccccc1Br. The van der Waals surface area contributed by atoms with Crippen LogP contribution in [0, 0.1) is 0 Å². The summed E-state index contributed by atoms with van der Waals surface area (Å²) in [5, 5.41) is 3.35. The lowest BCUT2D eigenvalue weighted by Gasteiger charge is -2.29. The summed E-state index contributed by atoms with van der Waals surface area (Å²) in [7, 11) is 0. The minimum absolute atomic E-state index is 0.0914. The number of piperazine rings is 1. The standard InChI is InChI=1S/C12H18BrN3/c13-11-4-2-1-3-10(11)12(14)9-16-7-5-15-6-8-16/h1-4,12,15H,5-9,14H2. The van der Waals surface area contributed by atoms with Crippen molar-refractivity contribution in [2.75, 3.05) is 32.7 Å². The first-order valence-corrected chi connectivity index (χ1v) is 6.50. The Bertz CT molecular complexity index is 337. The molecule has 0 bridgehead atoms. The minimum atomic E-state index is 0.0914. The van der Waals surface area contributed by atoms with E-state index in [1.54, 1.807) is 0 Å². The van der Waals surface area contributed by atoms with Gasteiger partial charge in [0.15, 0.2) is 0 Å². The maximum absolute atomic E-state index is 6.23. The van der Waals surface area contributed by atoms with E-state index in [0.29, 0.717) is 0 Å². The topological polar surface area (TPSA) is 41.3 Å². The highest BCUT2D eigenvalue weighted by Gasteiger charge is 2.15. The van der Waals surface area contributed by atoms with Crippen LogP contribution in [0.4, 0.5) is 0 Å². The average Bonchev–Trinajstić information content (AvgIpc) is 2.31. The maximum Gasteiger partial charge on any atom is 0.0435 e. The van der Waals surface area contributed by atoms with Crippen molar-refractivity contribution in [1.82, 2.24) is 10.2 Å². The first-order valence-electron chi connectivity index (χ1n) is 5.70. The second kappa shape index (κ2) is 5.77. The number of nitrogens with two attached hydrogens (primary N) is 1. The molecular formula is C12H18BrN3. The summed E-state index contributed by atoms with van der Waals surface area (Å²) < 4.78 is 1.11. The van der Waals surface area contributed by atoms with Crippen LogP contribution in [0.5, 0.6) is 0 Å². The Hall–Kier alpha value is -0.420. The van der Waals surface area contributed by atoms with E-state index >= 15 is 0 Å². The summed E-state index contributed by atoms with van der Waals surface area (Å²) in [4.78, 5) is 2.42. The average molecular weight is 284 g/mol. The van der Waals surface area contributed by atoms with Crippen LogP contribution >= 0.6 is 15.9 Å². The lowest BCUT2D eigenvalue weighted by molar-refractivity contribution is 0.228. The van der Waals surface area contributed by atoms with E-state index in [1.807, 2.05) is 18.2 Å². The summed E-state index contributed by atoms with van der Waals surface area (Å²) in [6.07, 6.45) is 0. The third kappa shape index (κ3) is 3.04. The Morgan fingerprint density at radius 1 is 1.31 bits per heavy atom. The number of hydrogen-bond acceptors (Lipinski definition) is 3. The maximum atomic E-state index is 6.23. The highest BCUT2D eigenvalue weighted by molar-refractivity contribution is 9.10. The van der Waals surface area contributed by atoms with Crippen molar-refractivity contribution in [3.63, 3.8) is 0 Å². The van der Waals surface area contributed by atoms with Gasteiger partial charge in [0.25, 0.3) is 0 Å². The Morgan fingerprint density at radius 3 is 2.69 bits per heavy atom. The molecule has 0 radical (unpaired) electrons. The minimum Gasteiger partial charge on any atom is -0.323 e. The van der Waals surface area contributed by atoms with Gasteiger partial charge >= 0.3 is 0 Å². The summed E-state index contributed by atoms with van der Waals surface area (Å²) >= 11 is 3.55. The van der Waals surface area contributed by atoms with Gasteiger partial charge in [0, 0.05) is 43.2 Å². The zero-order chi connectivity index (χ0) is 11.4. The van der Waals surface area contributed by atoms with E-state index in [0.717, 1.165) is 37.2 Å². The van der Waals surface area contributed by atoms with Crippen LogP contribution in [0.3, 0.4) is 0 Å². The fraction of sp³-hybridized carbons (Fsp3) is 0.500. The molecule has 3 nitrogen and oxygen atoms in total. The van der Waals surface area contributed by atoms with Crippen molar-refractivity contribution >= 4 is 15.9 Å². The molecule has 0 amide bonds. The monoisotopic (exact) mass is 283 g/mol. The molecule has 0 aliphatic carbocycles. The molecule has 0 aromatic heterocycles. The molecule has 1 aliphatic heterocycles. The van der Waals surface area contributed by atoms with Crippen LogP contribution in [0.15, 0.2) is 28.7 Å². The van der Waals surface area contributed by atoms with Gasteiger partial charge in [-0.2, -0.15) is 0 Å². The summed E-state index contributed by atoms with van der Waals surface area (Å²) in [5.74, 6) is 0. The van der Waals surface area contributed by atoms with Crippen molar-refractivity contribution < 1.29 is 0 Å². The number of hydrogen-bond donors (Lipinski definition) is 2. The Labute approximate surface area is 105 Å². The van der Waals surface area contributed by atoms with Crippen LogP contribution < -0.4 is 11.1 Å². The van der Waals surface area contributed by atoms with E-state index in [1.165, 1.54) is 5.56 Å². The van der Waals surface area contributed by atoms with Crippen LogP contribution in [-0.2, 0) is 0 Å². The lowest BCUT2D eigenvalue weighted by atomic mass is 10.1. The third-order valence-electron chi connectivity index (χ3n) is 2.97. The summed E-state index contributed by atoms with van der Waals surface area (Å²) in [5.41, 5.74) is 7.43. The molecule has 16 heavy (non-hydrogen) atoms. The van der Waals surface area contributed by atoms with Gasteiger partial charge in [-0.3, -0.25) is 4.90 Å². The Balaban J connectivity index is 1.96. The summed E-state index contributed by atoms with van der Waals surface area (Å²) in [6, 6.07) is 8.29. The predicted molar refractivity (Wildman–Crippen MR) is 70.4 cm³/mol. The van der Waals surface area contributed by atoms with E-state index in [2.05, 4.69) is 32.2 Å². The van der Waals surface area contributed by atoms with Crippen molar-refractivity contribution in [1.29, 1.82) is 0 Å². The molecule has 3 N–H and O–H groups in total. The van der Waals surface area contributed by atoms with E-state index in [9.17, 15) is 0 Å². The van der Waals surface area contributed by atoms with E-state index < -0.39 is 0 Å². The van der Waals surface area contributed by atoms with Gasteiger partial charge in [-0.05, 0) is 11.6 Å². The zero-order valence-electron chi connectivity index (χ0n) is 9.32. The smallest absolute Gasteiger partial charge is 0.0435 e. The van der Waals surface area contributed by atoms with Crippen LogP contribution in [0.25, 0.3) is 0 Å². The van der Waals surface area contributed by atoms with Gasteiger partial charge in [0.2, 0.25) is 0 Å². The highest BCUT2D eigenvalue weighted by atomic mass is 79.9. The molecule has 1 fully saturated rings. The number of halogens is 1. The molecule has 88 valence electrons. The van der Waals surface area contributed by atoms with E-state index in [-0.39, 0.29) is 6.04 Å². The van der Waals surface area contributed by atoms with Gasteiger partial charge in [-0.25, -0.2) is 0 Å². The van der Waals surface area contributed by atoms with Crippen molar-refractivity contribution in [2.45, 2.75) is 6.04 Å². The third-order valence-corrected chi connectivity index (χ3v) is 3.69. The molecule has 1 atom stereocenters. The Morgan fingerprint density at radius 2 is 2.00 bits per heavy atom. The van der Waals surface area contributed by atoms with Crippen molar-refractivity contribution in [3.05, 3.63) is 34.3 Å². The van der Waals surface area contributed by atoms with Crippen LogP contribution in [-0.4, -0.2) is 37.6 Å². The molecule has 1 aliphatic rings. The van der Waals surface area contributed by atoms with Gasteiger partial charge < -0.3 is 11.1 Å². The molecule has 1 unspecified atom stereocenters. The number of nitrogens with zero attached hydrogens (tertiary/aromatic N) is 1. The number of benzene rings is 1. The summed E-state index contributed by atoms with van der Waals surface area (Å²) in [6.45, 7) is 5.27. The lowest BCUT2D eigenvalue weighted by Crippen LogP contribution is -2.45. The van der Waals surface area contributed by atoms with Gasteiger partial charge in [0.05, 0.1) is 0 Å². The van der Waals surface area contributed by atoms with Crippen LogP contribution in [0.2, 0.25) is 0 Å². The van der Waals surface area contributed by atoms with Crippen molar-refractivity contribution in [3.8, 4) is 0 Å². The quantitative estimate of drug-likeness (QED) is 0.880. The Kier molecular flexibility index (Phi) is 4.35. The molecule has 1 aromatic rings. The fourth-order valence-corrected chi connectivity index (χ4v) is 2.62. The van der Waals surface area contributed by atoms with E-state index in [4.69, 9.17) is 5.73 Å². The molecule has 0 spiro atoms. The van der Waals surface area contributed by atoms with Crippen LogP contribution in [0.1, 0.15) is 11.6 Å². The normalized spacial score (nSPS) is 19.6. The predicted octanol–water partition coefficient (Wildman–Crippen LogP) is 1.35. The second-order valence-electron chi connectivity index (χ2n) is 4.18. The fourth-order valence-electron chi connectivity index (χ4n) is 2.05. The molecule has 1 saturated heterocycles. The first-order chi connectivity index (χ1) is 7.77. The molecular weight excluding hydrogens is 266 g/mol. The molecule has 1 heterocycles. The first kappa shape index (κ1) is 12.0. The molecule has 2 rings (SSSR count). The largest absolute Gasteiger partial charge is 0.323 e. The number of rotatable bonds is 3. The zero-order valence-corrected chi connectivity index (χ0v) is 10.9. The molecule has 4 heteroatoms.